The molecule has 0 aromatic heterocycles. The molecule has 5 rings (SSSR count). The highest BCUT2D eigenvalue weighted by molar-refractivity contribution is 6.24. The number of aryl methyl sites for hydroxylation is 1. The Balaban J connectivity index is 1.59. The molecule has 8 heteroatoms. The van der Waals surface area contributed by atoms with E-state index in [1.165, 1.54) is 0 Å². The predicted octanol–water partition coefficient (Wildman–Crippen LogP) is 5.11. The topological polar surface area (TPSA) is 149 Å². The summed E-state index contributed by atoms with van der Waals surface area (Å²) in [7, 11) is 0. The fraction of sp³-hybridized carbons (Fsp3) is 0.444. The van der Waals surface area contributed by atoms with Crippen LogP contribution in [0.25, 0.3) is 5.76 Å². The van der Waals surface area contributed by atoms with E-state index in [1.54, 1.807) is 39.8 Å². The van der Waals surface area contributed by atoms with Gasteiger partial charge in [-0.2, -0.15) is 0 Å². The molecule has 1 fully saturated rings. The Hall–Kier alpha value is -4.04. The van der Waals surface area contributed by atoms with Crippen molar-refractivity contribution < 1.29 is 39.6 Å². The van der Waals surface area contributed by atoms with Gasteiger partial charge in [0.05, 0.1) is 5.56 Å². The molecule has 2 aromatic carbocycles. The van der Waals surface area contributed by atoms with Crippen LogP contribution in [0.5, 0.6) is 5.75 Å². The Kier molecular flexibility index (Phi) is 7.52. The Morgan fingerprint density at radius 3 is 2.14 bits per heavy atom. The number of rotatable bonds is 7. The quantitative estimate of drug-likeness (QED) is 0.321. The van der Waals surface area contributed by atoms with E-state index in [2.05, 4.69) is 0 Å². The van der Waals surface area contributed by atoms with Crippen molar-refractivity contribution in [2.75, 3.05) is 0 Å². The average molecular weight is 601 g/mol. The summed E-state index contributed by atoms with van der Waals surface area (Å²) >= 11 is 0. The summed E-state index contributed by atoms with van der Waals surface area (Å²) in [4.78, 5) is 53.5. The van der Waals surface area contributed by atoms with Crippen LogP contribution in [0.3, 0.4) is 0 Å². The first-order valence-corrected chi connectivity index (χ1v) is 15.1. The number of allylic oxidation sites excluding steroid dienone is 1. The average Bonchev–Trinajstić information content (AvgIpc) is 2.92. The third kappa shape index (κ3) is 4.37. The van der Waals surface area contributed by atoms with Gasteiger partial charge in [-0.1, -0.05) is 71.0 Å². The van der Waals surface area contributed by atoms with E-state index in [1.807, 2.05) is 31.2 Å². The minimum Gasteiger partial charge on any atom is -0.508 e. The lowest BCUT2D eigenvalue weighted by atomic mass is 9.43. The van der Waals surface area contributed by atoms with E-state index in [4.69, 9.17) is 0 Å². The summed E-state index contributed by atoms with van der Waals surface area (Å²) in [6.45, 7) is 10.0. The number of ketones is 4. The normalized spacial score (nSPS) is 28.1. The molecule has 0 heterocycles. The first-order valence-electron chi connectivity index (χ1n) is 15.1. The number of hydrogen-bond acceptors (Lipinski definition) is 8. The van der Waals surface area contributed by atoms with Gasteiger partial charge in [0, 0.05) is 40.7 Å². The molecule has 1 saturated carbocycles. The number of fused-ring (bicyclic) bond motifs is 3. The number of Topliss-reactive ketones (excluding diaryl/α,β-unsaturated/α-hetero) is 4. The molecule has 0 saturated heterocycles. The van der Waals surface area contributed by atoms with Crippen LogP contribution in [0.1, 0.15) is 75.8 Å². The summed E-state index contributed by atoms with van der Waals surface area (Å²) in [6, 6.07) is 11.1. The van der Waals surface area contributed by atoms with Gasteiger partial charge < -0.3 is 20.4 Å². The molecule has 3 aliphatic carbocycles. The highest BCUT2D eigenvalue weighted by Gasteiger charge is 2.72. The summed E-state index contributed by atoms with van der Waals surface area (Å²) in [5.41, 5.74) is -3.20. The zero-order valence-electron chi connectivity index (χ0n) is 26.1. The largest absolute Gasteiger partial charge is 0.508 e. The van der Waals surface area contributed by atoms with E-state index < -0.39 is 56.8 Å². The minimum absolute atomic E-state index is 0.00168. The van der Waals surface area contributed by atoms with E-state index >= 15 is 0 Å². The Morgan fingerprint density at radius 2 is 1.57 bits per heavy atom. The number of benzene rings is 2. The van der Waals surface area contributed by atoms with Crippen LogP contribution in [0.4, 0.5) is 0 Å². The number of aliphatic hydroxyl groups excluding tert-OH is 2. The van der Waals surface area contributed by atoms with Gasteiger partial charge in [0.15, 0.2) is 17.2 Å². The van der Waals surface area contributed by atoms with Crippen LogP contribution in [-0.2, 0) is 44.9 Å². The van der Waals surface area contributed by atoms with Crippen molar-refractivity contribution >= 4 is 28.9 Å². The van der Waals surface area contributed by atoms with Gasteiger partial charge in [0.2, 0.25) is 5.78 Å². The molecule has 2 aromatic rings. The monoisotopic (exact) mass is 600 g/mol. The maximum Gasteiger partial charge on any atom is 0.203 e. The van der Waals surface area contributed by atoms with Gasteiger partial charge >= 0.3 is 0 Å². The Bertz CT molecular complexity index is 1680. The van der Waals surface area contributed by atoms with Crippen molar-refractivity contribution in [2.45, 2.75) is 79.2 Å². The molecule has 1 unspecified atom stereocenters. The van der Waals surface area contributed by atoms with Crippen LogP contribution in [-0.4, -0.2) is 49.2 Å². The molecule has 0 amide bonds. The number of aromatic hydroxyl groups is 1. The summed E-state index contributed by atoms with van der Waals surface area (Å²) in [6.07, 6.45) is 1.17. The number of phenolic OH excluding ortho intramolecular Hbond substituents is 1. The smallest absolute Gasteiger partial charge is 0.203 e. The second kappa shape index (κ2) is 10.5. The maximum absolute atomic E-state index is 14.4. The van der Waals surface area contributed by atoms with Gasteiger partial charge in [-0.15, -0.1) is 0 Å². The SMILES string of the molecule is CCc1ccc(CC(=O)Cc2ccc3c(c2O)C(O)=C2C(=O)[C@@]4(O)C(O)=C(C(C)=O)C(=O)C(C(C)C)[C@@]4(C)C[C@@]2(C)C3)cc1. The van der Waals surface area contributed by atoms with Crippen LogP contribution in [0.15, 0.2) is 53.3 Å². The van der Waals surface area contributed by atoms with Crippen molar-refractivity contribution in [3.63, 3.8) is 0 Å². The second-order valence-corrected chi connectivity index (χ2v) is 13.6. The number of aliphatic hydroxyl groups is 3. The zero-order valence-corrected chi connectivity index (χ0v) is 26.1. The first-order chi connectivity index (χ1) is 20.5. The molecule has 0 spiro atoms. The fourth-order valence-corrected chi connectivity index (χ4v) is 8.29. The van der Waals surface area contributed by atoms with Crippen LogP contribution in [0, 0.1) is 22.7 Å². The lowest BCUT2D eigenvalue weighted by molar-refractivity contribution is -0.178. The third-order valence-electron chi connectivity index (χ3n) is 10.2. The number of hydrogen-bond donors (Lipinski definition) is 4. The van der Waals surface area contributed by atoms with E-state index in [0.29, 0.717) is 5.56 Å². The molecule has 4 N–H and O–H groups in total. The highest BCUT2D eigenvalue weighted by atomic mass is 16.3. The van der Waals surface area contributed by atoms with E-state index in [0.717, 1.165) is 24.5 Å². The molecule has 0 radical (unpaired) electrons. The molecule has 3 aliphatic rings. The standard InChI is InChI=1S/C36H40O8/c1-7-20-8-10-21(11-9-20)14-24(38)15-22-12-13-23-16-34(5)17-35(6)27(18(2)3)30(40)25(19(4)37)32(42)36(35,44)33(43)28(34)31(41)26(23)29(22)39/h8-13,18,27,39,41-42,44H,7,14-17H2,1-6H3/t27?,34-,35-,36+/m1/s1. The maximum atomic E-state index is 14.4. The predicted molar refractivity (Wildman–Crippen MR) is 164 cm³/mol. The molecule has 232 valence electrons. The zero-order chi connectivity index (χ0) is 32.5. The van der Waals surface area contributed by atoms with Crippen LogP contribution in [0.2, 0.25) is 0 Å². The fourth-order valence-electron chi connectivity index (χ4n) is 8.29. The molecule has 0 bridgehead atoms. The molecule has 0 aliphatic heterocycles. The third-order valence-corrected chi connectivity index (χ3v) is 10.2. The molecule has 4 atom stereocenters. The molecule has 8 nitrogen and oxygen atoms in total. The molecule has 44 heavy (non-hydrogen) atoms. The van der Waals surface area contributed by atoms with Gasteiger partial charge in [-0.05, 0) is 48.8 Å². The van der Waals surface area contributed by atoms with Crippen molar-refractivity contribution in [2.24, 2.45) is 22.7 Å². The van der Waals surface area contributed by atoms with Crippen molar-refractivity contribution in [1.29, 1.82) is 0 Å². The van der Waals surface area contributed by atoms with Crippen molar-refractivity contribution in [1.82, 2.24) is 0 Å². The second-order valence-electron chi connectivity index (χ2n) is 13.6. The Morgan fingerprint density at radius 1 is 0.955 bits per heavy atom. The van der Waals surface area contributed by atoms with Gasteiger partial charge in [-0.3, -0.25) is 19.2 Å². The number of phenols is 1. The number of carbonyl (C=O) groups is 4. The van der Waals surface area contributed by atoms with Gasteiger partial charge in [-0.25, -0.2) is 0 Å². The lowest BCUT2D eigenvalue weighted by Gasteiger charge is -2.59. The first kappa shape index (κ1) is 31.4. The van der Waals surface area contributed by atoms with E-state index in [-0.39, 0.29) is 59.8 Å². The van der Waals surface area contributed by atoms with Crippen molar-refractivity contribution in [3.8, 4) is 5.75 Å². The van der Waals surface area contributed by atoms with E-state index in [9.17, 15) is 39.6 Å². The number of carbonyl (C=O) groups excluding carboxylic acids is 4. The summed E-state index contributed by atoms with van der Waals surface area (Å²) < 4.78 is 0. The summed E-state index contributed by atoms with van der Waals surface area (Å²) in [5, 5.41) is 46.5. The minimum atomic E-state index is -2.66. The highest BCUT2D eigenvalue weighted by Crippen LogP contribution is 2.65. The molecular formula is C36H40O8. The lowest BCUT2D eigenvalue weighted by Crippen LogP contribution is -2.69. The van der Waals surface area contributed by atoms with Crippen LogP contribution < -0.4 is 0 Å². The molecular weight excluding hydrogens is 560 g/mol. The van der Waals surface area contributed by atoms with Gasteiger partial charge in [0.25, 0.3) is 0 Å². The Labute approximate surface area is 257 Å². The summed E-state index contributed by atoms with van der Waals surface area (Å²) in [5.74, 6) is -5.77. The van der Waals surface area contributed by atoms with Gasteiger partial charge in [0.1, 0.15) is 28.6 Å². The van der Waals surface area contributed by atoms with Crippen molar-refractivity contribution in [3.05, 3.63) is 81.1 Å². The van der Waals surface area contributed by atoms with Crippen LogP contribution >= 0.6 is 0 Å².